The number of thiophene rings is 1. The quantitative estimate of drug-likeness (QED) is 0.583. The summed E-state index contributed by atoms with van der Waals surface area (Å²) < 4.78 is 1.26. The first-order chi connectivity index (χ1) is 9.31. The standard InChI is InChI=1S/C16H10BrNS/c17-9-11-5-6-15-13(7-11)8-16(19-15)14-4-2-1-3-12(14)10-18/h1-8H,9H2. The van der Waals surface area contributed by atoms with Crippen molar-refractivity contribution in [3.63, 3.8) is 0 Å². The Bertz CT molecular complexity index is 783. The van der Waals surface area contributed by atoms with E-state index in [0.717, 1.165) is 21.3 Å². The predicted octanol–water partition coefficient (Wildman–Crippen LogP) is 5.33. The molecule has 0 fully saturated rings. The SMILES string of the molecule is N#Cc1ccccc1-c1cc2cc(CBr)ccc2s1. The Labute approximate surface area is 124 Å². The van der Waals surface area contributed by atoms with Gasteiger partial charge in [-0.3, -0.25) is 0 Å². The van der Waals surface area contributed by atoms with Gasteiger partial charge in [0.2, 0.25) is 0 Å². The van der Waals surface area contributed by atoms with E-state index in [2.05, 4.69) is 46.3 Å². The Hall–Kier alpha value is -1.63. The van der Waals surface area contributed by atoms with Gasteiger partial charge in [0, 0.05) is 20.5 Å². The molecule has 0 atom stereocenters. The van der Waals surface area contributed by atoms with Gasteiger partial charge in [-0.1, -0.05) is 40.2 Å². The molecule has 3 aromatic rings. The van der Waals surface area contributed by atoms with E-state index in [4.69, 9.17) is 0 Å². The molecule has 0 N–H and O–H groups in total. The Morgan fingerprint density at radius 3 is 2.74 bits per heavy atom. The molecule has 0 aliphatic heterocycles. The first-order valence-corrected chi connectivity index (χ1v) is 7.83. The van der Waals surface area contributed by atoms with Crippen LogP contribution in [0.15, 0.2) is 48.5 Å². The molecule has 1 aromatic heterocycles. The van der Waals surface area contributed by atoms with Crippen LogP contribution in [-0.4, -0.2) is 0 Å². The van der Waals surface area contributed by atoms with Crippen molar-refractivity contribution >= 4 is 37.4 Å². The van der Waals surface area contributed by atoms with Gasteiger partial charge in [0.05, 0.1) is 11.6 Å². The summed E-state index contributed by atoms with van der Waals surface area (Å²) in [5.74, 6) is 0. The van der Waals surface area contributed by atoms with E-state index in [9.17, 15) is 5.26 Å². The highest BCUT2D eigenvalue weighted by Crippen LogP contribution is 2.35. The van der Waals surface area contributed by atoms with Crippen LogP contribution in [0.25, 0.3) is 20.5 Å². The highest BCUT2D eigenvalue weighted by molar-refractivity contribution is 9.08. The van der Waals surface area contributed by atoms with Crippen LogP contribution in [0.1, 0.15) is 11.1 Å². The highest BCUT2D eigenvalue weighted by Gasteiger charge is 2.08. The van der Waals surface area contributed by atoms with Crippen molar-refractivity contribution in [2.75, 3.05) is 0 Å². The van der Waals surface area contributed by atoms with E-state index in [0.29, 0.717) is 0 Å². The number of hydrogen-bond donors (Lipinski definition) is 0. The van der Waals surface area contributed by atoms with Crippen molar-refractivity contribution in [1.82, 2.24) is 0 Å². The van der Waals surface area contributed by atoms with Crippen LogP contribution < -0.4 is 0 Å². The van der Waals surface area contributed by atoms with Gasteiger partial charge in [0.1, 0.15) is 0 Å². The Balaban J connectivity index is 2.18. The fourth-order valence-corrected chi connectivity index (χ4v) is 3.54. The number of alkyl halides is 1. The van der Waals surface area contributed by atoms with Crippen molar-refractivity contribution in [3.05, 3.63) is 59.7 Å². The second-order valence-electron chi connectivity index (χ2n) is 4.27. The maximum Gasteiger partial charge on any atom is 0.0998 e. The molecule has 3 rings (SSSR count). The van der Waals surface area contributed by atoms with Gasteiger partial charge in [0.25, 0.3) is 0 Å². The lowest BCUT2D eigenvalue weighted by atomic mass is 10.1. The number of benzene rings is 2. The minimum atomic E-state index is 0.731. The molecule has 19 heavy (non-hydrogen) atoms. The molecule has 0 aliphatic carbocycles. The molecular formula is C16H10BrNS. The van der Waals surface area contributed by atoms with Crippen molar-refractivity contribution < 1.29 is 0 Å². The number of nitriles is 1. The number of halogens is 1. The lowest BCUT2D eigenvalue weighted by Gasteiger charge is -1.98. The molecule has 0 amide bonds. The third-order valence-corrected chi connectivity index (χ3v) is 4.84. The lowest BCUT2D eigenvalue weighted by Crippen LogP contribution is -1.79. The van der Waals surface area contributed by atoms with Gasteiger partial charge in [-0.2, -0.15) is 5.26 Å². The average Bonchev–Trinajstić information content (AvgIpc) is 2.89. The minimum absolute atomic E-state index is 0.731. The topological polar surface area (TPSA) is 23.8 Å². The highest BCUT2D eigenvalue weighted by atomic mass is 79.9. The zero-order valence-electron chi connectivity index (χ0n) is 10.1. The van der Waals surface area contributed by atoms with Crippen LogP contribution >= 0.6 is 27.3 Å². The van der Waals surface area contributed by atoms with Crippen molar-refractivity contribution in [2.45, 2.75) is 5.33 Å². The summed E-state index contributed by atoms with van der Waals surface area (Å²) in [5, 5.41) is 11.3. The zero-order valence-corrected chi connectivity index (χ0v) is 12.5. The largest absolute Gasteiger partial charge is 0.192 e. The van der Waals surface area contributed by atoms with Gasteiger partial charge < -0.3 is 0 Å². The van der Waals surface area contributed by atoms with Crippen LogP contribution in [0, 0.1) is 11.3 Å². The van der Waals surface area contributed by atoms with Gasteiger partial charge in [-0.25, -0.2) is 0 Å². The maximum atomic E-state index is 9.19. The Morgan fingerprint density at radius 2 is 1.95 bits per heavy atom. The molecule has 0 spiro atoms. The summed E-state index contributed by atoms with van der Waals surface area (Å²) in [5.41, 5.74) is 3.02. The lowest BCUT2D eigenvalue weighted by molar-refractivity contribution is 1.47. The van der Waals surface area contributed by atoms with Gasteiger partial charge in [-0.15, -0.1) is 11.3 Å². The smallest absolute Gasteiger partial charge is 0.0998 e. The zero-order chi connectivity index (χ0) is 13.2. The molecule has 1 heterocycles. The number of fused-ring (bicyclic) bond motifs is 1. The van der Waals surface area contributed by atoms with Crippen molar-refractivity contribution in [2.24, 2.45) is 0 Å². The fraction of sp³-hybridized carbons (Fsp3) is 0.0625. The van der Waals surface area contributed by atoms with Crippen molar-refractivity contribution in [3.8, 4) is 16.5 Å². The first kappa shape index (κ1) is 12.4. The monoisotopic (exact) mass is 327 g/mol. The van der Waals surface area contributed by atoms with Gasteiger partial charge in [-0.05, 0) is 35.2 Å². The van der Waals surface area contributed by atoms with Gasteiger partial charge in [0.15, 0.2) is 0 Å². The second-order valence-corrected chi connectivity index (χ2v) is 5.92. The van der Waals surface area contributed by atoms with E-state index in [1.165, 1.54) is 15.6 Å². The minimum Gasteiger partial charge on any atom is -0.192 e. The van der Waals surface area contributed by atoms with E-state index in [1.54, 1.807) is 11.3 Å². The maximum absolute atomic E-state index is 9.19. The average molecular weight is 328 g/mol. The van der Waals surface area contributed by atoms with E-state index in [-0.39, 0.29) is 0 Å². The third-order valence-electron chi connectivity index (χ3n) is 3.05. The molecule has 0 bridgehead atoms. The molecule has 0 saturated heterocycles. The second kappa shape index (κ2) is 5.16. The Morgan fingerprint density at radius 1 is 1.11 bits per heavy atom. The number of rotatable bonds is 2. The normalized spacial score (nSPS) is 10.5. The molecule has 0 radical (unpaired) electrons. The summed E-state index contributed by atoms with van der Waals surface area (Å²) in [6, 6.07) is 18.7. The molecule has 0 saturated carbocycles. The third kappa shape index (κ3) is 2.30. The Kier molecular flexibility index (Phi) is 3.37. The first-order valence-electron chi connectivity index (χ1n) is 5.90. The van der Waals surface area contributed by atoms with Crippen LogP contribution in [0.5, 0.6) is 0 Å². The van der Waals surface area contributed by atoms with E-state index < -0.39 is 0 Å². The molecule has 0 unspecified atom stereocenters. The van der Waals surface area contributed by atoms with Crippen LogP contribution in [0.4, 0.5) is 0 Å². The van der Waals surface area contributed by atoms with E-state index >= 15 is 0 Å². The van der Waals surface area contributed by atoms with Gasteiger partial charge >= 0.3 is 0 Å². The van der Waals surface area contributed by atoms with Crippen molar-refractivity contribution in [1.29, 1.82) is 5.26 Å². The summed E-state index contributed by atoms with van der Waals surface area (Å²) in [6.45, 7) is 0. The number of nitrogens with zero attached hydrogens (tertiary/aromatic N) is 1. The molecule has 92 valence electrons. The molecule has 0 aliphatic rings. The molecule has 1 nitrogen and oxygen atoms in total. The number of hydrogen-bond acceptors (Lipinski definition) is 2. The summed E-state index contributed by atoms with van der Waals surface area (Å²) in [7, 11) is 0. The van der Waals surface area contributed by atoms with Crippen LogP contribution in [0.3, 0.4) is 0 Å². The summed E-state index contributed by atoms with van der Waals surface area (Å²) >= 11 is 5.21. The van der Waals surface area contributed by atoms with Crippen LogP contribution in [0.2, 0.25) is 0 Å². The molecule has 3 heteroatoms. The summed E-state index contributed by atoms with van der Waals surface area (Å²) in [6.07, 6.45) is 0. The molecular weight excluding hydrogens is 318 g/mol. The summed E-state index contributed by atoms with van der Waals surface area (Å²) in [4.78, 5) is 1.15. The van der Waals surface area contributed by atoms with Crippen LogP contribution in [-0.2, 0) is 5.33 Å². The fourth-order valence-electron chi connectivity index (χ4n) is 2.10. The molecule has 2 aromatic carbocycles. The van der Waals surface area contributed by atoms with E-state index in [1.807, 2.05) is 24.3 Å². The predicted molar refractivity (Wildman–Crippen MR) is 84.6 cm³/mol.